The average molecular weight is 256 g/mol. The molecule has 1 spiro atoms. The molecule has 3 heteroatoms. The minimum atomic E-state index is 0.113. The van der Waals surface area contributed by atoms with Gasteiger partial charge in [0.25, 0.3) is 0 Å². The molecule has 0 radical (unpaired) electrons. The number of nitrogens with zero attached hydrogens (tertiary/aromatic N) is 1. The molecule has 1 aromatic rings. The number of anilines is 1. The van der Waals surface area contributed by atoms with E-state index in [1.54, 1.807) is 6.92 Å². The Kier molecular flexibility index (Phi) is 2.94. The fraction of sp³-hybridized carbons (Fsp3) is 0.438. The lowest BCUT2D eigenvalue weighted by Crippen LogP contribution is -2.29. The molecule has 100 valence electrons. The van der Waals surface area contributed by atoms with Crippen molar-refractivity contribution in [3.63, 3.8) is 0 Å². The fourth-order valence-corrected chi connectivity index (χ4v) is 2.73. The Morgan fingerprint density at radius 2 is 2.00 bits per heavy atom. The molecule has 2 fully saturated rings. The van der Waals surface area contributed by atoms with Gasteiger partial charge < -0.3 is 10.2 Å². The summed E-state index contributed by atoms with van der Waals surface area (Å²) in [5, 5.41) is 3.48. The number of Topliss-reactive ketones (excluding diaryl/α,β-unsaturated/α-hetero) is 1. The van der Waals surface area contributed by atoms with E-state index >= 15 is 0 Å². The zero-order chi connectivity index (χ0) is 13.5. The summed E-state index contributed by atoms with van der Waals surface area (Å²) in [6, 6.07) is 7.87. The van der Waals surface area contributed by atoms with Crippen LogP contribution in [0.5, 0.6) is 0 Å². The molecule has 0 unspecified atom stereocenters. The topological polar surface area (TPSA) is 32.3 Å². The summed E-state index contributed by atoms with van der Waals surface area (Å²) in [7, 11) is 0. The van der Waals surface area contributed by atoms with Gasteiger partial charge in [-0.2, -0.15) is 0 Å². The second kappa shape index (κ2) is 4.49. The maximum atomic E-state index is 11.3. The number of carbonyl (C=O) groups excluding carboxylic acids is 1. The first-order valence-corrected chi connectivity index (χ1v) is 6.87. The minimum absolute atomic E-state index is 0.113. The molecule has 0 aromatic heterocycles. The van der Waals surface area contributed by atoms with Crippen molar-refractivity contribution in [2.75, 3.05) is 24.5 Å². The quantitative estimate of drug-likeness (QED) is 0.825. The van der Waals surface area contributed by atoms with Gasteiger partial charge in [-0.3, -0.25) is 4.79 Å². The SMILES string of the molecule is C=C1CNCC2(CC2)CN1c1ccc(C(C)=O)cc1. The van der Waals surface area contributed by atoms with Crippen LogP contribution in [0, 0.1) is 5.41 Å². The van der Waals surface area contributed by atoms with Gasteiger partial charge in [-0.25, -0.2) is 0 Å². The number of hydrogen-bond acceptors (Lipinski definition) is 3. The highest BCUT2D eigenvalue weighted by atomic mass is 16.1. The zero-order valence-electron chi connectivity index (χ0n) is 11.4. The summed E-state index contributed by atoms with van der Waals surface area (Å²) in [6.45, 7) is 8.75. The van der Waals surface area contributed by atoms with Crippen LogP contribution in [0.2, 0.25) is 0 Å². The predicted molar refractivity (Wildman–Crippen MR) is 77.5 cm³/mol. The largest absolute Gasteiger partial charge is 0.344 e. The Bertz CT molecular complexity index is 514. The molecule has 1 aliphatic carbocycles. The first kappa shape index (κ1) is 12.4. The van der Waals surface area contributed by atoms with Gasteiger partial charge in [0.05, 0.1) is 0 Å². The van der Waals surface area contributed by atoms with Crippen molar-refractivity contribution in [2.24, 2.45) is 5.41 Å². The molecule has 1 aliphatic heterocycles. The highest BCUT2D eigenvalue weighted by molar-refractivity contribution is 5.94. The molecule has 1 saturated carbocycles. The molecule has 1 aromatic carbocycles. The van der Waals surface area contributed by atoms with Crippen LogP contribution in [-0.4, -0.2) is 25.4 Å². The molecule has 1 saturated heterocycles. The summed E-state index contributed by atoms with van der Waals surface area (Å²) >= 11 is 0. The van der Waals surface area contributed by atoms with Gasteiger partial charge in [0.2, 0.25) is 0 Å². The Hall–Kier alpha value is -1.61. The van der Waals surface area contributed by atoms with Crippen LogP contribution in [-0.2, 0) is 0 Å². The number of benzene rings is 1. The third-order valence-electron chi connectivity index (χ3n) is 4.25. The molecule has 19 heavy (non-hydrogen) atoms. The van der Waals surface area contributed by atoms with E-state index in [2.05, 4.69) is 16.8 Å². The maximum Gasteiger partial charge on any atom is 0.159 e. The molecule has 1 N–H and O–H groups in total. The van der Waals surface area contributed by atoms with E-state index in [0.29, 0.717) is 5.41 Å². The second-order valence-electron chi connectivity index (χ2n) is 5.86. The van der Waals surface area contributed by atoms with Crippen molar-refractivity contribution in [1.82, 2.24) is 5.32 Å². The number of carbonyl (C=O) groups is 1. The van der Waals surface area contributed by atoms with E-state index in [0.717, 1.165) is 36.6 Å². The monoisotopic (exact) mass is 256 g/mol. The van der Waals surface area contributed by atoms with Gasteiger partial charge in [-0.05, 0) is 44.0 Å². The van der Waals surface area contributed by atoms with E-state index in [9.17, 15) is 4.79 Å². The smallest absolute Gasteiger partial charge is 0.159 e. The van der Waals surface area contributed by atoms with Crippen molar-refractivity contribution >= 4 is 11.5 Å². The molecule has 0 atom stereocenters. The summed E-state index contributed by atoms with van der Waals surface area (Å²) in [6.07, 6.45) is 2.60. The molecule has 0 bridgehead atoms. The summed E-state index contributed by atoms with van der Waals surface area (Å²) < 4.78 is 0. The highest BCUT2D eigenvalue weighted by Gasteiger charge is 2.45. The maximum absolute atomic E-state index is 11.3. The first-order valence-electron chi connectivity index (χ1n) is 6.87. The minimum Gasteiger partial charge on any atom is -0.344 e. The highest BCUT2D eigenvalue weighted by Crippen LogP contribution is 2.47. The molecule has 0 amide bonds. The second-order valence-corrected chi connectivity index (χ2v) is 5.86. The lowest BCUT2D eigenvalue weighted by Gasteiger charge is -2.27. The fourth-order valence-electron chi connectivity index (χ4n) is 2.73. The number of rotatable bonds is 2. The number of ketones is 1. The Labute approximate surface area is 114 Å². The van der Waals surface area contributed by atoms with Crippen molar-refractivity contribution < 1.29 is 4.79 Å². The van der Waals surface area contributed by atoms with Gasteiger partial charge in [0, 0.05) is 42.0 Å². The third-order valence-corrected chi connectivity index (χ3v) is 4.25. The van der Waals surface area contributed by atoms with Crippen molar-refractivity contribution in [3.8, 4) is 0 Å². The number of nitrogens with one attached hydrogen (secondary N) is 1. The summed E-state index contributed by atoms with van der Waals surface area (Å²) in [4.78, 5) is 13.6. The summed E-state index contributed by atoms with van der Waals surface area (Å²) in [5.74, 6) is 0.113. The lowest BCUT2D eigenvalue weighted by atomic mass is 10.1. The van der Waals surface area contributed by atoms with E-state index < -0.39 is 0 Å². The van der Waals surface area contributed by atoms with Crippen LogP contribution in [0.25, 0.3) is 0 Å². The molecular formula is C16H20N2O. The van der Waals surface area contributed by atoms with Crippen molar-refractivity contribution in [2.45, 2.75) is 19.8 Å². The van der Waals surface area contributed by atoms with Crippen molar-refractivity contribution in [3.05, 3.63) is 42.1 Å². The number of hydrogen-bond donors (Lipinski definition) is 1. The van der Waals surface area contributed by atoms with Gasteiger partial charge in [-0.15, -0.1) is 0 Å². The van der Waals surface area contributed by atoms with Crippen LogP contribution < -0.4 is 10.2 Å². The Balaban J connectivity index is 1.86. The Morgan fingerprint density at radius 3 is 2.58 bits per heavy atom. The van der Waals surface area contributed by atoms with Crippen LogP contribution in [0.3, 0.4) is 0 Å². The van der Waals surface area contributed by atoms with E-state index in [-0.39, 0.29) is 5.78 Å². The molecule has 3 nitrogen and oxygen atoms in total. The average Bonchev–Trinajstić information content (AvgIpc) is 3.18. The van der Waals surface area contributed by atoms with Gasteiger partial charge in [-0.1, -0.05) is 6.58 Å². The Morgan fingerprint density at radius 1 is 1.32 bits per heavy atom. The van der Waals surface area contributed by atoms with Crippen LogP contribution in [0.4, 0.5) is 5.69 Å². The van der Waals surface area contributed by atoms with E-state index in [4.69, 9.17) is 0 Å². The normalized spacial score (nSPS) is 21.3. The molecule has 1 heterocycles. The van der Waals surface area contributed by atoms with Crippen LogP contribution in [0.1, 0.15) is 30.1 Å². The first-order chi connectivity index (χ1) is 9.10. The van der Waals surface area contributed by atoms with Gasteiger partial charge in [0.1, 0.15) is 0 Å². The third kappa shape index (κ3) is 2.43. The molecule has 2 aliphatic rings. The zero-order valence-corrected chi connectivity index (χ0v) is 11.4. The van der Waals surface area contributed by atoms with Crippen LogP contribution in [0.15, 0.2) is 36.5 Å². The summed E-state index contributed by atoms with van der Waals surface area (Å²) in [5.41, 5.74) is 3.46. The molecular weight excluding hydrogens is 236 g/mol. The standard InChI is InChI=1S/C16H20N2O/c1-12-9-17-10-16(7-8-16)11-18(12)15-5-3-14(4-6-15)13(2)19/h3-6,17H,1,7-11H2,2H3. The van der Waals surface area contributed by atoms with Crippen molar-refractivity contribution in [1.29, 1.82) is 0 Å². The van der Waals surface area contributed by atoms with E-state index in [1.165, 1.54) is 12.8 Å². The van der Waals surface area contributed by atoms with Gasteiger partial charge in [0.15, 0.2) is 5.78 Å². The van der Waals surface area contributed by atoms with Crippen LogP contribution >= 0.6 is 0 Å². The molecule has 3 rings (SSSR count). The lowest BCUT2D eigenvalue weighted by molar-refractivity contribution is 0.101. The predicted octanol–water partition coefficient (Wildman–Crippen LogP) is 2.59. The van der Waals surface area contributed by atoms with Gasteiger partial charge >= 0.3 is 0 Å². The van der Waals surface area contributed by atoms with E-state index in [1.807, 2.05) is 24.3 Å².